The Morgan fingerprint density at radius 3 is 2.39 bits per heavy atom. The Morgan fingerprint density at radius 1 is 1.03 bits per heavy atom. The standard InChI is InChI=1S/C27H19BrClN3O3S/c28-22-9-10-23(29)25(36-26-24(14-33)30-11-12-31-26)20(22)13-32-27(34)35-15-21-18-7-3-1-5-16(18)17-6-2-4-8-19(17)21/h1-12,14,21H,13,15H2,(H,32,34). The zero-order chi connectivity index (χ0) is 25.1. The van der Waals surface area contributed by atoms with E-state index >= 15 is 0 Å². The molecule has 0 spiro atoms. The number of hydrogen-bond donors (Lipinski definition) is 1. The molecule has 9 heteroatoms. The van der Waals surface area contributed by atoms with E-state index in [0.29, 0.717) is 21.2 Å². The number of aldehydes is 1. The smallest absolute Gasteiger partial charge is 0.407 e. The molecule has 36 heavy (non-hydrogen) atoms. The van der Waals surface area contributed by atoms with Crippen LogP contribution in [0.4, 0.5) is 4.79 Å². The summed E-state index contributed by atoms with van der Waals surface area (Å²) in [5.41, 5.74) is 5.60. The van der Waals surface area contributed by atoms with Gasteiger partial charge >= 0.3 is 6.09 Å². The lowest BCUT2D eigenvalue weighted by Gasteiger charge is -2.16. The Morgan fingerprint density at radius 2 is 1.69 bits per heavy atom. The van der Waals surface area contributed by atoms with Crippen molar-refractivity contribution in [3.05, 3.63) is 105 Å². The molecule has 4 aromatic rings. The molecular weight excluding hydrogens is 562 g/mol. The summed E-state index contributed by atoms with van der Waals surface area (Å²) in [7, 11) is 0. The summed E-state index contributed by atoms with van der Waals surface area (Å²) in [5.74, 6) is -0.0226. The van der Waals surface area contributed by atoms with Crippen LogP contribution in [0.2, 0.25) is 5.02 Å². The number of benzene rings is 3. The summed E-state index contributed by atoms with van der Waals surface area (Å²) in [5, 5.41) is 3.72. The molecule has 1 aromatic heterocycles. The van der Waals surface area contributed by atoms with Crippen LogP contribution in [-0.2, 0) is 11.3 Å². The van der Waals surface area contributed by atoms with Crippen LogP contribution in [0.3, 0.4) is 0 Å². The molecule has 0 aliphatic heterocycles. The van der Waals surface area contributed by atoms with Crippen molar-refractivity contribution >= 4 is 51.7 Å². The Hall–Kier alpha value is -3.20. The number of carbonyl (C=O) groups excluding carboxylic acids is 2. The second kappa shape index (κ2) is 10.8. The quantitative estimate of drug-likeness (QED) is 0.240. The van der Waals surface area contributed by atoms with E-state index in [2.05, 4.69) is 55.5 Å². The predicted octanol–water partition coefficient (Wildman–Crippen LogP) is 6.89. The summed E-state index contributed by atoms with van der Waals surface area (Å²) < 4.78 is 6.41. The fraction of sp³-hybridized carbons (Fsp3) is 0.111. The van der Waals surface area contributed by atoms with Crippen LogP contribution < -0.4 is 5.32 Å². The number of fused-ring (bicyclic) bond motifs is 3. The van der Waals surface area contributed by atoms with Gasteiger partial charge < -0.3 is 10.1 Å². The van der Waals surface area contributed by atoms with Crippen LogP contribution >= 0.6 is 39.3 Å². The van der Waals surface area contributed by atoms with Crippen molar-refractivity contribution in [1.82, 2.24) is 15.3 Å². The topological polar surface area (TPSA) is 81.2 Å². The van der Waals surface area contributed by atoms with Crippen LogP contribution in [-0.4, -0.2) is 29.0 Å². The lowest BCUT2D eigenvalue weighted by Crippen LogP contribution is -2.26. The second-order valence-corrected chi connectivity index (χ2v) is 10.2. The van der Waals surface area contributed by atoms with Gasteiger partial charge in [-0.15, -0.1) is 0 Å². The maximum absolute atomic E-state index is 12.7. The van der Waals surface area contributed by atoms with E-state index in [0.717, 1.165) is 21.2 Å². The van der Waals surface area contributed by atoms with Crippen molar-refractivity contribution in [2.75, 3.05) is 6.61 Å². The van der Waals surface area contributed by atoms with Gasteiger partial charge in [0.1, 0.15) is 17.3 Å². The first-order valence-corrected chi connectivity index (χ1v) is 13.1. The Kier molecular flexibility index (Phi) is 7.36. The molecule has 3 aromatic carbocycles. The van der Waals surface area contributed by atoms with Crippen molar-refractivity contribution in [3.8, 4) is 11.1 Å². The number of ether oxygens (including phenoxy) is 1. The van der Waals surface area contributed by atoms with Gasteiger partial charge in [0.2, 0.25) is 0 Å². The van der Waals surface area contributed by atoms with E-state index in [4.69, 9.17) is 16.3 Å². The molecule has 0 fully saturated rings. The minimum atomic E-state index is -0.534. The highest BCUT2D eigenvalue weighted by molar-refractivity contribution is 9.10. The summed E-state index contributed by atoms with van der Waals surface area (Å²) in [6, 6.07) is 19.9. The normalized spacial score (nSPS) is 12.1. The van der Waals surface area contributed by atoms with Gasteiger partial charge in [-0.25, -0.2) is 14.8 Å². The van der Waals surface area contributed by atoms with Gasteiger partial charge in [0.05, 0.1) is 5.02 Å². The third-order valence-corrected chi connectivity index (χ3v) is 8.26. The number of carbonyl (C=O) groups is 2. The van der Waals surface area contributed by atoms with Gasteiger partial charge in [0.25, 0.3) is 0 Å². The first kappa shape index (κ1) is 24.5. The molecule has 0 bridgehead atoms. The number of aromatic nitrogens is 2. The van der Waals surface area contributed by atoms with Crippen molar-refractivity contribution < 1.29 is 14.3 Å². The molecular formula is C27H19BrClN3O3S. The van der Waals surface area contributed by atoms with Gasteiger partial charge in [0.15, 0.2) is 6.29 Å². The largest absolute Gasteiger partial charge is 0.449 e. The molecule has 0 radical (unpaired) electrons. The van der Waals surface area contributed by atoms with E-state index in [-0.39, 0.29) is 24.8 Å². The second-order valence-electron chi connectivity index (χ2n) is 7.98. The lowest BCUT2D eigenvalue weighted by atomic mass is 9.98. The van der Waals surface area contributed by atoms with Crippen molar-refractivity contribution in [1.29, 1.82) is 0 Å². The molecule has 1 N–H and O–H groups in total. The summed E-state index contributed by atoms with van der Waals surface area (Å²) in [6.07, 6.45) is 3.08. The molecule has 1 heterocycles. The molecule has 0 saturated heterocycles. The molecule has 5 rings (SSSR count). The Balaban J connectivity index is 1.29. The predicted molar refractivity (Wildman–Crippen MR) is 143 cm³/mol. The van der Waals surface area contributed by atoms with Crippen LogP contribution in [0, 0.1) is 0 Å². The molecule has 0 saturated carbocycles. The fourth-order valence-corrected chi connectivity index (χ4v) is 6.13. The third kappa shape index (κ3) is 4.89. The average Bonchev–Trinajstić information content (AvgIpc) is 3.23. The zero-order valence-electron chi connectivity index (χ0n) is 18.8. The summed E-state index contributed by atoms with van der Waals surface area (Å²) >= 11 is 11.2. The summed E-state index contributed by atoms with van der Waals surface area (Å²) in [6.45, 7) is 0.386. The maximum atomic E-state index is 12.7. The monoisotopic (exact) mass is 579 g/mol. The number of nitrogens with one attached hydrogen (secondary N) is 1. The van der Waals surface area contributed by atoms with Gasteiger partial charge in [-0.1, -0.05) is 87.8 Å². The van der Waals surface area contributed by atoms with Gasteiger partial charge in [-0.2, -0.15) is 0 Å². The fourth-order valence-electron chi connectivity index (χ4n) is 4.25. The van der Waals surface area contributed by atoms with E-state index in [1.54, 1.807) is 12.1 Å². The van der Waals surface area contributed by atoms with Crippen LogP contribution in [0.5, 0.6) is 0 Å². The number of hydrogen-bond acceptors (Lipinski definition) is 6. The Labute approximate surface area is 225 Å². The van der Waals surface area contributed by atoms with Crippen LogP contribution in [0.15, 0.2) is 87.5 Å². The van der Waals surface area contributed by atoms with Gasteiger partial charge in [-0.3, -0.25) is 4.79 Å². The van der Waals surface area contributed by atoms with Gasteiger partial charge in [0, 0.05) is 39.8 Å². The van der Waals surface area contributed by atoms with E-state index < -0.39 is 6.09 Å². The van der Waals surface area contributed by atoms with Crippen LogP contribution in [0.25, 0.3) is 11.1 Å². The zero-order valence-corrected chi connectivity index (χ0v) is 21.9. The number of amides is 1. The molecule has 1 amide bonds. The number of halogens is 2. The Bertz CT molecular complexity index is 1420. The lowest BCUT2D eigenvalue weighted by molar-refractivity contribution is 0.111. The van der Waals surface area contributed by atoms with E-state index in [9.17, 15) is 9.59 Å². The average molecular weight is 581 g/mol. The molecule has 0 atom stereocenters. The third-order valence-electron chi connectivity index (χ3n) is 5.91. The van der Waals surface area contributed by atoms with E-state index in [1.807, 2.05) is 24.3 Å². The van der Waals surface area contributed by atoms with Crippen molar-refractivity contribution in [3.63, 3.8) is 0 Å². The number of rotatable bonds is 7. The minimum absolute atomic E-state index is 0.0226. The SMILES string of the molecule is O=Cc1nccnc1Sc1c(Cl)ccc(Br)c1CNC(=O)OCC1c2ccccc2-c2ccccc21. The minimum Gasteiger partial charge on any atom is -0.449 e. The maximum Gasteiger partial charge on any atom is 0.407 e. The molecule has 1 aliphatic rings. The van der Waals surface area contributed by atoms with Gasteiger partial charge in [-0.05, 0) is 34.4 Å². The van der Waals surface area contributed by atoms with Crippen molar-refractivity contribution in [2.24, 2.45) is 0 Å². The molecule has 180 valence electrons. The first-order valence-electron chi connectivity index (χ1n) is 11.1. The van der Waals surface area contributed by atoms with E-state index in [1.165, 1.54) is 35.3 Å². The van der Waals surface area contributed by atoms with Crippen molar-refractivity contribution in [2.45, 2.75) is 22.4 Å². The molecule has 0 unspecified atom stereocenters. The number of alkyl carbamates (subject to hydrolysis) is 1. The highest BCUT2D eigenvalue weighted by Gasteiger charge is 2.29. The highest BCUT2D eigenvalue weighted by Crippen LogP contribution is 2.44. The van der Waals surface area contributed by atoms with Crippen LogP contribution in [0.1, 0.15) is 33.1 Å². The highest BCUT2D eigenvalue weighted by atomic mass is 79.9. The molecule has 6 nitrogen and oxygen atoms in total. The molecule has 1 aliphatic carbocycles. The summed E-state index contributed by atoms with van der Waals surface area (Å²) in [4.78, 5) is 33.0. The first-order chi connectivity index (χ1) is 17.6. The number of nitrogens with zero attached hydrogens (tertiary/aromatic N) is 2.